The normalized spacial score (nSPS) is 14.4. The maximum Gasteiger partial charge on any atom is 0.332 e. The van der Waals surface area contributed by atoms with Crippen LogP contribution in [0.1, 0.15) is 47.7 Å². The van der Waals surface area contributed by atoms with Crippen molar-refractivity contribution in [2.45, 2.75) is 39.3 Å². The molecule has 1 fully saturated rings. The molecule has 0 spiro atoms. The molecule has 1 saturated heterocycles. The summed E-state index contributed by atoms with van der Waals surface area (Å²) >= 11 is 0. The van der Waals surface area contributed by atoms with E-state index in [9.17, 15) is 18.8 Å². The van der Waals surface area contributed by atoms with Crippen molar-refractivity contribution in [1.29, 1.82) is 5.26 Å². The number of nitrogens with two attached hydrogens (primary N) is 1. The second-order valence-electron chi connectivity index (χ2n) is 7.36. The van der Waals surface area contributed by atoms with Crippen molar-refractivity contribution in [2.75, 3.05) is 25.4 Å². The fourth-order valence-corrected chi connectivity index (χ4v) is 3.74. The Morgan fingerprint density at radius 3 is 2.50 bits per heavy atom. The van der Waals surface area contributed by atoms with E-state index in [2.05, 4.69) is 0 Å². The summed E-state index contributed by atoms with van der Waals surface area (Å²) in [6.45, 7) is 3.19. The summed E-state index contributed by atoms with van der Waals surface area (Å²) < 4.78 is 16.0. The van der Waals surface area contributed by atoms with Gasteiger partial charge < -0.3 is 5.73 Å². The lowest BCUT2D eigenvalue weighted by atomic mass is 10.1. The number of carbonyl (C=O) groups is 1. The highest BCUT2D eigenvalue weighted by atomic mass is 19.1. The molecule has 8 nitrogen and oxygen atoms in total. The molecule has 1 aliphatic rings. The maximum absolute atomic E-state index is 14.0. The largest absolute Gasteiger partial charge is 0.384 e. The number of nitriles is 1. The third-order valence-electron chi connectivity index (χ3n) is 5.37. The van der Waals surface area contributed by atoms with E-state index in [1.165, 1.54) is 12.1 Å². The van der Waals surface area contributed by atoms with Crippen molar-refractivity contribution in [3.63, 3.8) is 0 Å². The van der Waals surface area contributed by atoms with Gasteiger partial charge in [-0.25, -0.2) is 9.18 Å². The van der Waals surface area contributed by atoms with Crippen LogP contribution in [0.25, 0.3) is 0 Å². The molecule has 0 radical (unpaired) electrons. The van der Waals surface area contributed by atoms with Gasteiger partial charge in [-0.3, -0.25) is 23.6 Å². The van der Waals surface area contributed by atoms with E-state index in [4.69, 9.17) is 11.0 Å². The molecule has 1 aromatic heterocycles. The van der Waals surface area contributed by atoms with Crippen LogP contribution in [0.5, 0.6) is 0 Å². The predicted octanol–water partition coefficient (Wildman–Crippen LogP) is 1.34. The fourth-order valence-electron chi connectivity index (χ4n) is 3.74. The van der Waals surface area contributed by atoms with Crippen molar-refractivity contribution in [3.8, 4) is 6.07 Å². The first-order valence-corrected chi connectivity index (χ1v) is 9.94. The Balaban J connectivity index is 2.03. The van der Waals surface area contributed by atoms with Gasteiger partial charge >= 0.3 is 5.69 Å². The molecule has 2 heterocycles. The minimum absolute atomic E-state index is 0.0624. The second-order valence-corrected chi connectivity index (χ2v) is 7.36. The van der Waals surface area contributed by atoms with Gasteiger partial charge in [0.25, 0.3) is 5.56 Å². The summed E-state index contributed by atoms with van der Waals surface area (Å²) in [6.07, 6.45) is 3.10. The van der Waals surface area contributed by atoms with E-state index in [1.54, 1.807) is 13.0 Å². The van der Waals surface area contributed by atoms with Crippen LogP contribution in [0.3, 0.4) is 0 Å². The van der Waals surface area contributed by atoms with Crippen LogP contribution in [0, 0.1) is 17.1 Å². The Hall–Kier alpha value is -3.25. The van der Waals surface area contributed by atoms with Gasteiger partial charge in [0.15, 0.2) is 5.78 Å². The van der Waals surface area contributed by atoms with Gasteiger partial charge in [-0.2, -0.15) is 5.26 Å². The molecule has 0 atom stereocenters. The average Bonchev–Trinajstić information content (AvgIpc) is 2.72. The predicted molar refractivity (Wildman–Crippen MR) is 110 cm³/mol. The van der Waals surface area contributed by atoms with Crippen LogP contribution in [0.2, 0.25) is 0 Å². The molecule has 0 bridgehead atoms. The maximum atomic E-state index is 14.0. The Kier molecular flexibility index (Phi) is 6.47. The second kappa shape index (κ2) is 9.05. The highest BCUT2D eigenvalue weighted by molar-refractivity contribution is 6.01. The van der Waals surface area contributed by atoms with Crippen molar-refractivity contribution in [3.05, 3.63) is 61.5 Å². The summed E-state index contributed by atoms with van der Waals surface area (Å²) in [7, 11) is 0. The minimum Gasteiger partial charge on any atom is -0.384 e. The highest BCUT2D eigenvalue weighted by Gasteiger charge is 2.24. The van der Waals surface area contributed by atoms with E-state index in [0.717, 1.165) is 47.6 Å². The first-order valence-electron chi connectivity index (χ1n) is 9.94. The number of hydrogen-bond donors (Lipinski definition) is 1. The quantitative estimate of drug-likeness (QED) is 0.715. The molecule has 9 heteroatoms. The molecule has 1 aliphatic heterocycles. The summed E-state index contributed by atoms with van der Waals surface area (Å²) in [5.41, 5.74) is 4.81. The van der Waals surface area contributed by atoms with Gasteiger partial charge in [-0.05, 0) is 50.6 Å². The molecule has 0 amide bonds. The monoisotopic (exact) mass is 413 g/mol. The number of carbonyl (C=O) groups excluding carboxylic acids is 1. The van der Waals surface area contributed by atoms with Gasteiger partial charge in [0, 0.05) is 6.54 Å². The van der Waals surface area contributed by atoms with Crippen molar-refractivity contribution < 1.29 is 9.18 Å². The molecular formula is C21H24FN5O3. The van der Waals surface area contributed by atoms with E-state index in [0.29, 0.717) is 5.56 Å². The molecule has 1 aromatic carbocycles. The van der Waals surface area contributed by atoms with Crippen LogP contribution >= 0.6 is 0 Å². The zero-order chi connectivity index (χ0) is 21.8. The zero-order valence-corrected chi connectivity index (χ0v) is 16.9. The number of ketones is 1. The molecule has 2 N–H and O–H groups in total. The van der Waals surface area contributed by atoms with Crippen LogP contribution < -0.4 is 17.0 Å². The first-order chi connectivity index (χ1) is 14.4. The van der Waals surface area contributed by atoms with E-state index in [1.807, 2.05) is 4.90 Å². The Morgan fingerprint density at radius 2 is 1.90 bits per heavy atom. The molecule has 30 heavy (non-hydrogen) atoms. The lowest BCUT2D eigenvalue weighted by Gasteiger charge is -2.26. The smallest absolute Gasteiger partial charge is 0.332 e. The van der Waals surface area contributed by atoms with Crippen molar-refractivity contribution in [1.82, 2.24) is 14.0 Å². The van der Waals surface area contributed by atoms with Crippen LogP contribution in [-0.2, 0) is 13.1 Å². The number of benzene rings is 1. The highest BCUT2D eigenvalue weighted by Crippen LogP contribution is 2.15. The third kappa shape index (κ3) is 4.19. The van der Waals surface area contributed by atoms with E-state index >= 15 is 0 Å². The SMILES string of the molecule is CCn1c(=O)c(C(=O)CN2CCCCC2)c(N)n(Cc2ccc(C#N)c(F)c2)c1=O. The number of piperidine rings is 1. The van der Waals surface area contributed by atoms with Gasteiger partial charge in [0.1, 0.15) is 23.3 Å². The first kappa shape index (κ1) is 21.5. The number of Topliss-reactive ketones (excluding diaryl/α,β-unsaturated/α-hetero) is 1. The lowest BCUT2D eigenvalue weighted by molar-refractivity contribution is 0.0913. The van der Waals surface area contributed by atoms with Crippen LogP contribution in [0.4, 0.5) is 10.2 Å². The lowest BCUT2D eigenvalue weighted by Crippen LogP contribution is -2.45. The number of nitrogen functional groups attached to an aromatic ring is 1. The Morgan fingerprint density at radius 1 is 1.20 bits per heavy atom. The van der Waals surface area contributed by atoms with E-state index < -0.39 is 22.8 Å². The van der Waals surface area contributed by atoms with E-state index in [-0.39, 0.29) is 36.6 Å². The zero-order valence-electron chi connectivity index (χ0n) is 16.9. The summed E-state index contributed by atoms with van der Waals surface area (Å²) in [4.78, 5) is 40.5. The molecule has 0 unspecified atom stereocenters. The van der Waals surface area contributed by atoms with Gasteiger partial charge in [0.2, 0.25) is 0 Å². The summed E-state index contributed by atoms with van der Waals surface area (Å²) in [5, 5.41) is 8.87. The van der Waals surface area contributed by atoms with Gasteiger partial charge in [-0.15, -0.1) is 0 Å². The molecule has 2 aromatic rings. The standard InChI is InChI=1S/C21H24FN5O3/c1-2-26-20(29)18(17(28)13-25-8-4-3-5-9-25)19(24)27(21(26)30)12-14-6-7-15(11-23)16(22)10-14/h6-7,10H,2-5,8-9,12-13,24H2,1H3. The van der Waals surface area contributed by atoms with Gasteiger partial charge in [0.05, 0.1) is 18.7 Å². The summed E-state index contributed by atoms with van der Waals surface area (Å²) in [5.74, 6) is -1.37. The fraction of sp³-hybridized carbons (Fsp3) is 0.429. The Labute approximate surface area is 172 Å². The van der Waals surface area contributed by atoms with Crippen molar-refractivity contribution >= 4 is 11.6 Å². The summed E-state index contributed by atoms with van der Waals surface area (Å²) in [6, 6.07) is 5.69. The molecular weight excluding hydrogens is 389 g/mol. The minimum atomic E-state index is -0.716. The Bertz CT molecular complexity index is 1120. The molecule has 3 rings (SSSR count). The topological polar surface area (TPSA) is 114 Å². The van der Waals surface area contributed by atoms with Crippen LogP contribution in [0.15, 0.2) is 27.8 Å². The molecule has 0 aliphatic carbocycles. The number of likely N-dealkylation sites (tertiary alicyclic amines) is 1. The molecule has 0 saturated carbocycles. The van der Waals surface area contributed by atoms with Crippen molar-refractivity contribution in [2.24, 2.45) is 0 Å². The number of aromatic nitrogens is 2. The number of hydrogen-bond acceptors (Lipinski definition) is 6. The average molecular weight is 413 g/mol. The number of halogens is 1. The van der Waals surface area contributed by atoms with Crippen LogP contribution in [-0.4, -0.2) is 39.5 Å². The third-order valence-corrected chi connectivity index (χ3v) is 5.37. The number of anilines is 1. The van der Waals surface area contributed by atoms with Gasteiger partial charge in [-0.1, -0.05) is 12.5 Å². The number of rotatable bonds is 6. The number of nitrogens with zero attached hydrogens (tertiary/aromatic N) is 4. The molecule has 158 valence electrons.